The number of esters is 2. The lowest BCUT2D eigenvalue weighted by molar-refractivity contribution is -0.384. The first-order valence-corrected chi connectivity index (χ1v) is 10.4. The molecule has 2 aromatic rings. The van der Waals surface area contributed by atoms with Crippen LogP contribution in [0.25, 0.3) is 0 Å². The van der Waals surface area contributed by atoms with Gasteiger partial charge >= 0.3 is 17.9 Å². The van der Waals surface area contributed by atoms with E-state index in [0.717, 1.165) is 19.9 Å². The Hall–Kier alpha value is -5.16. The Morgan fingerprint density at radius 2 is 1.25 bits per heavy atom. The summed E-state index contributed by atoms with van der Waals surface area (Å²) in [5.74, 6) is -15.8. The zero-order valence-electron chi connectivity index (χ0n) is 20.6. The lowest BCUT2D eigenvalue weighted by atomic mass is 10.2. The van der Waals surface area contributed by atoms with Crippen LogP contribution in [-0.4, -0.2) is 39.7 Å². The highest BCUT2D eigenvalue weighted by molar-refractivity contribution is 6.01. The van der Waals surface area contributed by atoms with Crippen molar-refractivity contribution in [1.29, 1.82) is 0 Å². The molecule has 2 N–H and O–H groups in total. The minimum Gasteiger partial charge on any atom is -0.426 e. The molecule has 13 nitrogen and oxygen atoms in total. The highest BCUT2D eigenvalue weighted by Gasteiger charge is 2.32. The van der Waals surface area contributed by atoms with Crippen LogP contribution in [0.2, 0.25) is 0 Å². The minimum atomic E-state index is -2.30. The first-order valence-electron chi connectivity index (χ1n) is 10.4. The molecule has 0 bridgehead atoms. The zero-order chi connectivity index (χ0) is 30.9. The summed E-state index contributed by atoms with van der Waals surface area (Å²) in [4.78, 5) is 66.8. The molecule has 0 unspecified atom stereocenters. The number of carbonyl (C=O) groups excluding carboxylic acids is 5. The molecule has 0 aromatic heterocycles. The van der Waals surface area contributed by atoms with E-state index in [4.69, 9.17) is 5.73 Å². The molecule has 1 aliphatic heterocycles. The smallest absolute Gasteiger partial charge is 0.330 e. The molecule has 0 saturated carbocycles. The lowest BCUT2D eigenvalue weighted by Crippen LogP contribution is -2.30. The van der Waals surface area contributed by atoms with Crippen molar-refractivity contribution in [2.45, 2.75) is 33.6 Å². The molecule has 40 heavy (non-hydrogen) atoms. The van der Waals surface area contributed by atoms with E-state index in [9.17, 15) is 56.0 Å². The van der Waals surface area contributed by atoms with Gasteiger partial charge in [0.1, 0.15) is 5.75 Å². The number of nitrogens with zero attached hydrogens (tertiary/aromatic N) is 2. The summed E-state index contributed by atoms with van der Waals surface area (Å²) < 4.78 is 71.5. The molecule has 0 aliphatic carbocycles. The van der Waals surface area contributed by atoms with Crippen LogP contribution in [0, 0.1) is 39.2 Å². The maximum atomic E-state index is 12.8. The third-order valence-electron chi connectivity index (χ3n) is 4.03. The van der Waals surface area contributed by atoms with E-state index in [1.54, 1.807) is 0 Å². The summed E-state index contributed by atoms with van der Waals surface area (Å²) in [6, 6.07) is 3.67. The number of nitro groups is 1. The van der Waals surface area contributed by atoms with Crippen LogP contribution in [0.1, 0.15) is 33.6 Å². The Labute approximate surface area is 220 Å². The SMILES string of the molecule is CC(=O)ON1C(=O)CCC1=O.CC(=O)Oc1c(F)c(F)c(F)c(F)c1F.CC(=O)Oc1cc(N)cc([N+](=O)[O-])c1. The van der Waals surface area contributed by atoms with Crippen molar-refractivity contribution in [3.05, 3.63) is 57.4 Å². The van der Waals surface area contributed by atoms with Crippen LogP contribution < -0.4 is 15.2 Å². The van der Waals surface area contributed by atoms with Crippen molar-refractivity contribution in [2.24, 2.45) is 0 Å². The number of hydroxylamine groups is 2. The summed E-state index contributed by atoms with van der Waals surface area (Å²) in [5.41, 5.74) is 5.35. The van der Waals surface area contributed by atoms with Gasteiger partial charge in [-0.05, 0) is 0 Å². The Kier molecular flexibility index (Phi) is 11.6. The number of ether oxygens (including phenoxy) is 2. The van der Waals surface area contributed by atoms with Crippen LogP contribution >= 0.6 is 0 Å². The van der Waals surface area contributed by atoms with Gasteiger partial charge in [0.2, 0.25) is 34.8 Å². The molecular weight excluding hydrogens is 561 g/mol. The van der Waals surface area contributed by atoms with Crippen molar-refractivity contribution >= 4 is 41.1 Å². The van der Waals surface area contributed by atoms with E-state index in [0.29, 0.717) is 5.06 Å². The zero-order valence-corrected chi connectivity index (χ0v) is 20.6. The summed E-state index contributed by atoms with van der Waals surface area (Å²) >= 11 is 0. The van der Waals surface area contributed by atoms with Crippen molar-refractivity contribution in [3.8, 4) is 11.5 Å². The molecule has 1 fully saturated rings. The van der Waals surface area contributed by atoms with E-state index in [-0.39, 0.29) is 30.0 Å². The fourth-order valence-electron chi connectivity index (χ4n) is 2.54. The molecule has 1 aliphatic rings. The second-order valence-electron chi connectivity index (χ2n) is 7.27. The third-order valence-corrected chi connectivity index (χ3v) is 4.03. The molecule has 2 amide bonds. The van der Waals surface area contributed by atoms with Gasteiger partial charge in [0.05, 0.1) is 11.0 Å². The molecule has 1 saturated heterocycles. The molecule has 216 valence electrons. The number of hydrogen-bond donors (Lipinski definition) is 1. The Bertz CT molecular complexity index is 1320. The lowest BCUT2D eigenvalue weighted by Gasteiger charge is -2.09. The topological polar surface area (TPSA) is 185 Å². The number of non-ortho nitro benzene ring substituents is 1. The number of nitro benzene ring substituents is 1. The second kappa shape index (κ2) is 14.1. The number of nitrogens with two attached hydrogens (primary N) is 1. The number of amides is 2. The van der Waals surface area contributed by atoms with E-state index in [2.05, 4.69) is 14.3 Å². The Morgan fingerprint density at radius 3 is 1.65 bits per heavy atom. The van der Waals surface area contributed by atoms with Crippen LogP contribution in [0.4, 0.5) is 33.3 Å². The number of hydrogen-bond acceptors (Lipinski definition) is 11. The monoisotopic (exact) mass is 579 g/mol. The third kappa shape index (κ3) is 9.30. The molecule has 0 atom stereocenters. The normalized spacial score (nSPS) is 11.9. The van der Waals surface area contributed by atoms with Gasteiger partial charge in [0.15, 0.2) is 0 Å². The van der Waals surface area contributed by atoms with Gasteiger partial charge in [-0.1, -0.05) is 0 Å². The van der Waals surface area contributed by atoms with Crippen LogP contribution in [0.15, 0.2) is 18.2 Å². The number of imide groups is 1. The van der Waals surface area contributed by atoms with Crippen molar-refractivity contribution in [2.75, 3.05) is 5.73 Å². The van der Waals surface area contributed by atoms with Crippen LogP contribution in [0.3, 0.4) is 0 Å². The van der Waals surface area contributed by atoms with Crippen molar-refractivity contribution in [1.82, 2.24) is 5.06 Å². The number of rotatable bonds is 4. The number of carbonyl (C=O) groups is 5. The first kappa shape index (κ1) is 32.9. The second-order valence-corrected chi connectivity index (χ2v) is 7.27. The molecule has 3 rings (SSSR count). The molecule has 1 heterocycles. The van der Waals surface area contributed by atoms with Crippen molar-refractivity contribution in [3.63, 3.8) is 0 Å². The van der Waals surface area contributed by atoms with Gasteiger partial charge in [-0.15, -0.1) is 5.06 Å². The number of nitrogen functional groups attached to an aromatic ring is 1. The molecule has 18 heteroatoms. The van der Waals surface area contributed by atoms with Crippen LogP contribution in [0.5, 0.6) is 11.5 Å². The largest absolute Gasteiger partial charge is 0.426 e. The van der Waals surface area contributed by atoms with E-state index < -0.39 is 69.5 Å². The Balaban J connectivity index is 0.000000304. The predicted molar refractivity (Wildman–Crippen MR) is 119 cm³/mol. The number of benzene rings is 2. The quantitative estimate of drug-likeness (QED) is 0.0646. The van der Waals surface area contributed by atoms with E-state index in [1.807, 2.05) is 0 Å². The minimum absolute atomic E-state index is 0.0733. The average Bonchev–Trinajstić information content (AvgIpc) is 3.15. The van der Waals surface area contributed by atoms with Crippen LogP contribution in [-0.2, 0) is 28.8 Å². The number of anilines is 1. The van der Waals surface area contributed by atoms with Crippen molar-refractivity contribution < 1.29 is 65.2 Å². The average molecular weight is 579 g/mol. The van der Waals surface area contributed by atoms with Gasteiger partial charge < -0.3 is 20.0 Å². The highest BCUT2D eigenvalue weighted by atomic mass is 19.2. The molecular formula is C22H18F5N3O10. The molecule has 0 spiro atoms. The maximum absolute atomic E-state index is 12.8. The predicted octanol–water partition coefficient (Wildman–Crippen LogP) is 3.02. The van der Waals surface area contributed by atoms with Gasteiger partial charge in [0.25, 0.3) is 17.5 Å². The Morgan fingerprint density at radius 1 is 0.800 bits per heavy atom. The van der Waals surface area contributed by atoms with Gasteiger partial charge in [-0.3, -0.25) is 29.3 Å². The maximum Gasteiger partial charge on any atom is 0.330 e. The fraction of sp³-hybridized carbons (Fsp3) is 0.227. The molecule has 0 radical (unpaired) electrons. The summed E-state index contributed by atoms with van der Waals surface area (Å²) in [6.07, 6.45) is 0.262. The van der Waals surface area contributed by atoms with Gasteiger partial charge in [0, 0.05) is 51.4 Å². The van der Waals surface area contributed by atoms with Gasteiger partial charge in [-0.2, -0.15) is 8.78 Å². The summed E-state index contributed by atoms with van der Waals surface area (Å²) in [6.45, 7) is 3.10. The standard InChI is InChI=1S/C8H3F5O2.C8H8N2O4.C6H7NO4/c1-2(14)15-8-6(12)4(10)3(9)5(11)7(8)13;1-5(11)14-8-3-6(9)2-7(4-8)10(12)13;1-4(8)11-7-5(9)2-3-6(7)10/h1H3;2-4H,9H2,1H3;2-3H2,1H3. The van der Waals surface area contributed by atoms with E-state index >= 15 is 0 Å². The number of halogens is 5. The highest BCUT2D eigenvalue weighted by Crippen LogP contribution is 2.29. The summed E-state index contributed by atoms with van der Waals surface area (Å²) in [7, 11) is 0. The fourth-order valence-corrected chi connectivity index (χ4v) is 2.54. The van der Waals surface area contributed by atoms with E-state index in [1.165, 1.54) is 19.1 Å². The first-order chi connectivity index (χ1) is 18.5. The van der Waals surface area contributed by atoms with Gasteiger partial charge in [-0.25, -0.2) is 18.0 Å². The molecule has 2 aromatic carbocycles. The summed E-state index contributed by atoms with van der Waals surface area (Å²) in [5, 5.41) is 10.9.